The molecule has 0 radical (unpaired) electrons. The summed E-state index contributed by atoms with van der Waals surface area (Å²) in [6.07, 6.45) is -4.19. The number of hydrogen-bond acceptors (Lipinski definition) is 4. The molecule has 0 saturated heterocycles. The van der Waals surface area contributed by atoms with Gasteiger partial charge in [-0.1, -0.05) is 12.1 Å². The largest absolute Gasteiger partial charge is 1.00 e. The van der Waals surface area contributed by atoms with Gasteiger partial charge in [0.2, 0.25) is 5.91 Å². The second-order valence-electron chi connectivity index (χ2n) is 5.89. The molecule has 0 heterocycles. The Morgan fingerprint density at radius 3 is 2.27 bits per heavy atom. The quantitative estimate of drug-likeness (QED) is 0.261. The Bertz CT molecular complexity index is 619. The number of carbonyl (C=O) groups excluding carboxylic acids is 1. The van der Waals surface area contributed by atoms with E-state index in [9.17, 15) is 27.4 Å². The number of halogens is 3. The van der Waals surface area contributed by atoms with Crippen LogP contribution in [0.4, 0.5) is 13.2 Å². The molecule has 2 atom stereocenters. The second-order valence-corrected chi connectivity index (χ2v) is 7.53. The Morgan fingerprint density at radius 1 is 1.31 bits per heavy atom. The molecule has 6 nitrogen and oxygen atoms in total. The number of benzene rings is 1. The number of carbonyl (C=O) groups is 1. The van der Waals surface area contributed by atoms with E-state index in [2.05, 4.69) is 0 Å². The first-order chi connectivity index (χ1) is 11.4. The molecule has 0 spiro atoms. The van der Waals surface area contributed by atoms with Crippen molar-refractivity contribution in [1.29, 1.82) is 0 Å². The molecule has 1 amide bonds. The van der Waals surface area contributed by atoms with Crippen molar-refractivity contribution < 1.29 is 67.1 Å². The van der Waals surface area contributed by atoms with E-state index in [-0.39, 0.29) is 42.4 Å². The van der Waals surface area contributed by atoms with Crippen LogP contribution in [0.1, 0.15) is 30.4 Å². The first-order valence-corrected chi connectivity index (χ1v) is 9.29. The molecule has 2 unspecified atom stereocenters. The van der Waals surface area contributed by atoms with Gasteiger partial charge in [-0.25, -0.2) is 5.06 Å². The molecule has 0 bridgehead atoms. The molecule has 1 aromatic carbocycles. The number of hydrogen-bond donors (Lipinski definition) is 2. The monoisotopic (exact) mass is 405 g/mol. The molecule has 0 fully saturated rings. The topological polar surface area (TPSA) is 101 Å². The molecule has 0 aliphatic heterocycles. The maximum Gasteiger partial charge on any atom is 1.00 e. The fourth-order valence-corrected chi connectivity index (χ4v) is 3.38. The zero-order valence-electron chi connectivity index (χ0n) is 14.6. The number of hydroxylamine groups is 2. The van der Waals surface area contributed by atoms with Gasteiger partial charge in [-0.15, -0.1) is 0 Å². The van der Waals surface area contributed by atoms with Crippen LogP contribution in [0.25, 0.3) is 0 Å². The van der Waals surface area contributed by atoms with Crippen molar-refractivity contribution in [2.75, 3.05) is 13.2 Å². The molecule has 142 valence electrons. The van der Waals surface area contributed by atoms with Crippen molar-refractivity contribution >= 4 is 13.5 Å². The van der Waals surface area contributed by atoms with E-state index < -0.39 is 37.3 Å². The van der Waals surface area contributed by atoms with Crippen molar-refractivity contribution in [3.8, 4) is 0 Å². The van der Waals surface area contributed by atoms with Gasteiger partial charge in [0.05, 0.1) is 5.56 Å². The average molecular weight is 405 g/mol. The van der Waals surface area contributed by atoms with E-state index in [0.29, 0.717) is 23.5 Å². The zero-order chi connectivity index (χ0) is 19.3. The van der Waals surface area contributed by atoms with E-state index in [1.165, 1.54) is 12.1 Å². The van der Waals surface area contributed by atoms with Gasteiger partial charge in [0.1, 0.15) is 7.60 Å². The summed E-state index contributed by atoms with van der Waals surface area (Å²) in [6.45, 7) is 0. The smallest absolute Gasteiger partial charge is 0.779 e. The fraction of sp³-hybridized carbons (Fsp3) is 0.533. The van der Waals surface area contributed by atoms with Crippen LogP contribution < -0.4 is 34.5 Å². The van der Waals surface area contributed by atoms with Gasteiger partial charge in [0.25, 0.3) is 0 Å². The minimum absolute atomic E-state index is 0. The Morgan fingerprint density at radius 2 is 1.85 bits per heavy atom. The molecule has 1 aromatic rings. The summed E-state index contributed by atoms with van der Waals surface area (Å²) >= 11 is 0. The van der Waals surface area contributed by atoms with Gasteiger partial charge in [0, 0.05) is 19.6 Å². The maximum atomic E-state index is 12.5. The summed E-state index contributed by atoms with van der Waals surface area (Å²) in [6, 6.07) is 4.62. The number of rotatable bonds is 8. The third kappa shape index (κ3) is 10.1. The van der Waals surface area contributed by atoms with Crippen LogP contribution in [0, 0.1) is 5.92 Å². The summed E-state index contributed by atoms with van der Waals surface area (Å²) in [5.41, 5.74) is -0.107. The van der Waals surface area contributed by atoms with Crippen molar-refractivity contribution in [2.24, 2.45) is 5.92 Å². The van der Waals surface area contributed by atoms with Crippen LogP contribution in [0.15, 0.2) is 24.3 Å². The number of alkyl halides is 3. The summed E-state index contributed by atoms with van der Waals surface area (Å²) in [4.78, 5) is 31.5. The van der Waals surface area contributed by atoms with Crippen molar-refractivity contribution in [1.82, 2.24) is 5.06 Å². The van der Waals surface area contributed by atoms with E-state index >= 15 is 0 Å². The molecule has 0 aliphatic carbocycles. The van der Waals surface area contributed by atoms with Crippen LogP contribution in [-0.4, -0.2) is 34.3 Å². The van der Waals surface area contributed by atoms with Gasteiger partial charge in [-0.3, -0.25) is 10.0 Å². The first kappa shape index (κ1) is 25.6. The molecule has 1 rings (SSSR count). The molecule has 2 N–H and O–H groups in total. The van der Waals surface area contributed by atoms with Gasteiger partial charge < -0.3 is 14.4 Å². The minimum Gasteiger partial charge on any atom is -0.779 e. The molecular formula is C15H20F3NNaO5P. The van der Waals surface area contributed by atoms with Crippen molar-refractivity contribution in [2.45, 2.75) is 31.9 Å². The normalized spacial score (nSPS) is 14.9. The molecule has 11 heteroatoms. The van der Waals surface area contributed by atoms with Gasteiger partial charge >= 0.3 is 35.7 Å². The molecule has 0 aliphatic rings. The molecular weight excluding hydrogens is 385 g/mol. The zero-order valence-corrected chi connectivity index (χ0v) is 17.5. The predicted octanol–water partition coefficient (Wildman–Crippen LogP) is -0.568. The fourth-order valence-electron chi connectivity index (χ4n) is 2.42. The maximum absolute atomic E-state index is 12.5. The summed E-state index contributed by atoms with van der Waals surface area (Å²) in [5, 5.41) is 9.39. The number of aryl methyl sites for hydroxylation is 1. The van der Waals surface area contributed by atoms with Crippen molar-refractivity contribution in [3.05, 3.63) is 35.4 Å². The van der Waals surface area contributed by atoms with Crippen LogP contribution in [-0.2, 0) is 22.0 Å². The molecule has 0 aromatic heterocycles. The van der Waals surface area contributed by atoms with E-state index in [4.69, 9.17) is 10.1 Å². The Hall–Kier alpha value is -0.410. The minimum atomic E-state index is -4.57. The number of amides is 1. The standard InChI is InChI=1S/C15H21F3NO5P.Na/c1-19(21)14(20)9-12(10-25(22,23)24)4-2-3-11-5-7-13(8-6-11)15(16,17)18;/h5-8,12,21H,2-4,9-10H2,1H3,(H2,22,23,24);/q;+1/p-1. The molecule has 26 heavy (non-hydrogen) atoms. The van der Waals surface area contributed by atoms with E-state index in [0.717, 1.165) is 19.2 Å². The Labute approximate surface area is 171 Å². The van der Waals surface area contributed by atoms with E-state index in [1.54, 1.807) is 0 Å². The van der Waals surface area contributed by atoms with E-state index in [1.807, 2.05) is 0 Å². The predicted molar refractivity (Wildman–Crippen MR) is 81.7 cm³/mol. The second kappa shape index (κ2) is 10.8. The molecule has 0 saturated carbocycles. The SMILES string of the molecule is CN(O)C(=O)CC(CCCc1ccc(C(F)(F)F)cc1)CP(=O)([O-])O.[Na+]. The summed E-state index contributed by atoms with van der Waals surface area (Å²) in [7, 11) is -3.46. The number of nitrogens with zero attached hydrogens (tertiary/aromatic N) is 1. The third-order valence-electron chi connectivity index (χ3n) is 3.67. The van der Waals surface area contributed by atoms with Crippen LogP contribution in [0.3, 0.4) is 0 Å². The van der Waals surface area contributed by atoms with Crippen LogP contribution in [0.2, 0.25) is 0 Å². The van der Waals surface area contributed by atoms with Gasteiger partial charge in [-0.2, -0.15) is 13.2 Å². The van der Waals surface area contributed by atoms with Crippen LogP contribution in [0.5, 0.6) is 0 Å². The van der Waals surface area contributed by atoms with Gasteiger partial charge in [-0.05, 0) is 42.9 Å². The summed E-state index contributed by atoms with van der Waals surface area (Å²) < 4.78 is 48.5. The first-order valence-electron chi connectivity index (χ1n) is 7.53. The van der Waals surface area contributed by atoms with Crippen molar-refractivity contribution in [3.63, 3.8) is 0 Å². The third-order valence-corrected chi connectivity index (χ3v) is 4.65. The summed E-state index contributed by atoms with van der Waals surface area (Å²) in [5.74, 6) is -1.38. The average Bonchev–Trinajstić information content (AvgIpc) is 2.44. The van der Waals surface area contributed by atoms with Gasteiger partial charge in [0.15, 0.2) is 0 Å². The van der Waals surface area contributed by atoms with Crippen LogP contribution >= 0.6 is 7.60 Å². The Balaban J connectivity index is 0.00000625. The Kier molecular flexibility index (Phi) is 10.6.